The average Bonchev–Trinajstić information content (AvgIpc) is 3.13. The lowest BCUT2D eigenvalue weighted by molar-refractivity contribution is -0.660. The van der Waals surface area contributed by atoms with Gasteiger partial charge < -0.3 is 4.42 Å². The van der Waals surface area contributed by atoms with Gasteiger partial charge in [-0.25, -0.2) is 9.55 Å². The fourth-order valence-electron chi connectivity index (χ4n) is 3.56. The number of nitrogens with zero attached hydrogens (tertiary/aromatic N) is 2. The van der Waals surface area contributed by atoms with Crippen molar-refractivity contribution in [2.45, 2.75) is 6.85 Å². The predicted octanol–water partition coefficient (Wildman–Crippen LogP) is 5.45. The molecule has 0 bridgehead atoms. The van der Waals surface area contributed by atoms with Crippen LogP contribution in [0, 0.1) is 6.85 Å². The minimum atomic E-state index is -2.25. The van der Waals surface area contributed by atoms with E-state index < -0.39 is 6.85 Å². The lowest BCUT2D eigenvalue weighted by atomic mass is 9.99. The Morgan fingerprint density at radius 1 is 0.963 bits per heavy atom. The van der Waals surface area contributed by atoms with Gasteiger partial charge in [0.25, 0.3) is 0 Å². The number of rotatable bonds is 2. The highest BCUT2D eigenvalue weighted by Gasteiger charge is 2.20. The molecule has 0 aliphatic carbocycles. The molecule has 0 aliphatic rings. The smallest absolute Gasteiger partial charge is 0.227 e. The van der Waals surface area contributed by atoms with Gasteiger partial charge in [0.2, 0.25) is 11.4 Å². The monoisotopic (exact) mass is 354 g/mol. The van der Waals surface area contributed by atoms with Crippen LogP contribution in [0.25, 0.3) is 44.5 Å². The van der Waals surface area contributed by atoms with Crippen LogP contribution in [0.2, 0.25) is 0 Å². The molecule has 0 saturated heterocycles. The minimum Gasteiger partial charge on any atom is -0.437 e. The molecule has 27 heavy (non-hydrogen) atoms. The lowest BCUT2D eigenvalue weighted by Crippen LogP contribution is -2.30. The minimum absolute atomic E-state index is 0.273. The number of aromatic nitrogens is 2. The molecule has 130 valence electrons. The number of furan rings is 1. The van der Waals surface area contributed by atoms with Crippen LogP contribution >= 0.6 is 0 Å². The summed E-state index contributed by atoms with van der Waals surface area (Å²) in [4.78, 5) is 4.31. The number of fused-ring (bicyclic) bond motifs is 3. The van der Waals surface area contributed by atoms with Crippen molar-refractivity contribution in [3.05, 3.63) is 84.7 Å². The first kappa shape index (κ1) is 12.8. The van der Waals surface area contributed by atoms with Crippen LogP contribution < -0.4 is 4.57 Å². The Balaban J connectivity index is 1.83. The van der Waals surface area contributed by atoms with Crippen molar-refractivity contribution in [2.24, 2.45) is 7.05 Å². The standard InChI is InChI=1S/C24H19N2O/c1-16-10-11-19(23-22(16)20-9-6-13-25-24(20)27-23)21-15-18(12-14-26(21)2)17-7-4-3-5-8-17/h3-15H,1-2H3/q+1/i1D3. The van der Waals surface area contributed by atoms with Gasteiger partial charge in [0.15, 0.2) is 11.8 Å². The maximum Gasteiger partial charge on any atom is 0.227 e. The van der Waals surface area contributed by atoms with Gasteiger partial charge in [-0.05, 0) is 41.7 Å². The molecule has 3 nitrogen and oxygen atoms in total. The molecule has 5 rings (SSSR count). The summed E-state index contributed by atoms with van der Waals surface area (Å²) < 4.78 is 32.1. The Bertz CT molecular complexity index is 1390. The van der Waals surface area contributed by atoms with Gasteiger partial charge in [0.05, 0.1) is 5.56 Å². The van der Waals surface area contributed by atoms with E-state index >= 15 is 0 Å². The Kier molecular flexibility index (Phi) is 2.88. The zero-order valence-electron chi connectivity index (χ0n) is 17.8. The summed E-state index contributed by atoms with van der Waals surface area (Å²) in [5, 5.41) is 1.31. The topological polar surface area (TPSA) is 29.9 Å². The van der Waals surface area contributed by atoms with Crippen LogP contribution in [0.4, 0.5) is 0 Å². The van der Waals surface area contributed by atoms with Crippen LogP contribution in [0.1, 0.15) is 9.68 Å². The largest absolute Gasteiger partial charge is 0.437 e. The molecule has 0 atom stereocenters. The molecule has 5 aromatic rings. The van der Waals surface area contributed by atoms with Crippen LogP contribution in [-0.4, -0.2) is 4.98 Å². The molecule has 3 heterocycles. The molecular formula is C24H19N2O+. The van der Waals surface area contributed by atoms with Crippen molar-refractivity contribution in [3.8, 4) is 22.4 Å². The molecule has 0 N–H and O–H groups in total. The van der Waals surface area contributed by atoms with E-state index in [9.17, 15) is 0 Å². The summed E-state index contributed by atoms with van der Waals surface area (Å²) in [6.45, 7) is -2.25. The fourth-order valence-corrected chi connectivity index (χ4v) is 3.56. The van der Waals surface area contributed by atoms with Gasteiger partial charge in [-0.15, -0.1) is 0 Å². The SMILES string of the molecule is [2H]C([2H])([2H])c1ccc(-c2cc(-c3ccccc3)cc[n+]2C)c2oc3ncccc3c12. The number of benzene rings is 2. The lowest BCUT2D eigenvalue weighted by Gasteiger charge is -2.06. The van der Waals surface area contributed by atoms with Crippen molar-refractivity contribution in [2.75, 3.05) is 0 Å². The van der Waals surface area contributed by atoms with E-state index in [4.69, 9.17) is 8.53 Å². The molecular weight excluding hydrogens is 332 g/mol. The third kappa shape index (κ3) is 2.51. The first-order valence-electron chi connectivity index (χ1n) is 10.3. The van der Waals surface area contributed by atoms with Crippen LogP contribution in [0.5, 0.6) is 0 Å². The summed E-state index contributed by atoms with van der Waals surface area (Å²) in [5.74, 6) is 0. The Morgan fingerprint density at radius 3 is 2.70 bits per heavy atom. The van der Waals surface area contributed by atoms with Gasteiger partial charge >= 0.3 is 0 Å². The normalized spacial score (nSPS) is 13.4. The summed E-state index contributed by atoms with van der Waals surface area (Å²) >= 11 is 0. The Labute approximate surface area is 161 Å². The number of hydrogen-bond acceptors (Lipinski definition) is 2. The van der Waals surface area contributed by atoms with Crippen molar-refractivity contribution in [1.29, 1.82) is 0 Å². The Morgan fingerprint density at radius 2 is 1.85 bits per heavy atom. The van der Waals surface area contributed by atoms with E-state index in [1.54, 1.807) is 18.3 Å². The predicted molar refractivity (Wildman–Crippen MR) is 108 cm³/mol. The molecule has 0 saturated carbocycles. The first-order valence-corrected chi connectivity index (χ1v) is 8.80. The van der Waals surface area contributed by atoms with Crippen molar-refractivity contribution in [1.82, 2.24) is 4.98 Å². The molecule has 0 amide bonds. The van der Waals surface area contributed by atoms with Gasteiger partial charge in [-0.3, -0.25) is 0 Å². The van der Waals surface area contributed by atoms with E-state index in [-0.39, 0.29) is 5.56 Å². The molecule has 0 fully saturated rings. The zero-order chi connectivity index (χ0) is 20.9. The third-order valence-electron chi connectivity index (χ3n) is 4.93. The highest BCUT2D eigenvalue weighted by Crippen LogP contribution is 2.36. The second-order valence-corrected chi connectivity index (χ2v) is 6.60. The third-order valence-corrected chi connectivity index (χ3v) is 4.93. The summed E-state index contributed by atoms with van der Waals surface area (Å²) in [6, 6.07) is 21.5. The van der Waals surface area contributed by atoms with Crippen molar-refractivity contribution >= 4 is 22.1 Å². The number of hydrogen-bond donors (Lipinski definition) is 0. The van der Waals surface area contributed by atoms with Crippen molar-refractivity contribution < 1.29 is 13.1 Å². The second kappa shape index (κ2) is 6.06. The average molecular weight is 354 g/mol. The van der Waals surface area contributed by atoms with Crippen molar-refractivity contribution in [3.63, 3.8) is 0 Å². The van der Waals surface area contributed by atoms with E-state index in [1.807, 2.05) is 48.1 Å². The molecule has 3 aromatic heterocycles. The summed E-state index contributed by atoms with van der Waals surface area (Å²) in [6.07, 6.45) is 3.65. The fraction of sp³-hybridized carbons (Fsp3) is 0.0833. The molecule has 3 heteroatoms. The molecule has 0 unspecified atom stereocenters. The van der Waals surface area contributed by atoms with E-state index in [1.165, 1.54) is 0 Å². The van der Waals surface area contributed by atoms with Gasteiger partial charge in [0, 0.05) is 33.2 Å². The van der Waals surface area contributed by atoms with Gasteiger partial charge in [-0.2, -0.15) is 0 Å². The van der Waals surface area contributed by atoms with Gasteiger partial charge in [-0.1, -0.05) is 36.4 Å². The van der Waals surface area contributed by atoms with Crippen LogP contribution in [0.3, 0.4) is 0 Å². The van der Waals surface area contributed by atoms with E-state index in [0.29, 0.717) is 22.1 Å². The molecule has 2 aromatic carbocycles. The summed E-state index contributed by atoms with van der Waals surface area (Å²) in [5.41, 5.74) is 5.20. The molecule has 0 aliphatic heterocycles. The highest BCUT2D eigenvalue weighted by atomic mass is 16.3. The zero-order valence-corrected chi connectivity index (χ0v) is 14.8. The Hall–Kier alpha value is -3.46. The maximum atomic E-state index is 8.00. The van der Waals surface area contributed by atoms with Gasteiger partial charge in [0.1, 0.15) is 7.05 Å². The second-order valence-electron chi connectivity index (χ2n) is 6.60. The summed E-state index contributed by atoms with van der Waals surface area (Å²) in [7, 11) is 1.97. The van der Waals surface area contributed by atoms with E-state index in [2.05, 4.69) is 29.2 Å². The maximum absolute atomic E-state index is 8.00. The number of pyridine rings is 2. The molecule has 0 radical (unpaired) electrons. The first-order chi connectivity index (χ1) is 14.4. The highest BCUT2D eigenvalue weighted by molar-refractivity contribution is 6.09. The van der Waals surface area contributed by atoms with E-state index in [0.717, 1.165) is 22.4 Å². The molecule has 0 spiro atoms. The van der Waals surface area contributed by atoms with Crippen LogP contribution in [0.15, 0.2) is 83.5 Å². The number of aryl methyl sites for hydroxylation is 2. The van der Waals surface area contributed by atoms with Crippen LogP contribution in [-0.2, 0) is 7.05 Å². The quantitative estimate of drug-likeness (QED) is 0.395.